The van der Waals surface area contributed by atoms with Crippen molar-refractivity contribution in [2.75, 3.05) is 19.6 Å². The van der Waals surface area contributed by atoms with Gasteiger partial charge < -0.3 is 9.64 Å². The van der Waals surface area contributed by atoms with Gasteiger partial charge in [-0.05, 0) is 141 Å². The van der Waals surface area contributed by atoms with Crippen molar-refractivity contribution in [3.05, 3.63) is 36.5 Å². The van der Waals surface area contributed by atoms with Gasteiger partial charge in [0.25, 0.3) is 0 Å². The average Bonchev–Trinajstić information content (AvgIpc) is 3.53. The second-order valence-corrected chi connectivity index (χ2v) is 13.1. The molecule has 0 aromatic carbocycles. The highest BCUT2D eigenvalue weighted by molar-refractivity contribution is 5.69. The summed E-state index contributed by atoms with van der Waals surface area (Å²) in [5, 5.41) is 0. The Balaban J connectivity index is 2.71. The van der Waals surface area contributed by atoms with E-state index in [0.717, 1.165) is 57.9 Å². The molecule has 0 aromatic rings. The average molecular weight is 600 g/mol. The van der Waals surface area contributed by atoms with Crippen LogP contribution in [0.4, 0.5) is 0 Å². The van der Waals surface area contributed by atoms with Gasteiger partial charge in [-0.15, -0.1) is 0 Å². The highest BCUT2D eigenvalue weighted by Gasteiger charge is 2.24. The normalized spacial score (nSPS) is 15.2. The van der Waals surface area contributed by atoms with Crippen LogP contribution >= 0.6 is 0 Å². The Kier molecular flexibility index (Phi) is 28.3. The Morgan fingerprint density at radius 1 is 0.581 bits per heavy atom. The quantitative estimate of drug-likeness (QED) is 0.0467. The van der Waals surface area contributed by atoms with Crippen molar-refractivity contribution >= 4 is 5.97 Å². The van der Waals surface area contributed by atoms with E-state index in [9.17, 15) is 4.79 Å². The van der Waals surface area contributed by atoms with E-state index in [2.05, 4.69) is 62.1 Å². The summed E-state index contributed by atoms with van der Waals surface area (Å²) < 4.78 is 6.36. The molecule has 1 rings (SSSR count). The maximum Gasteiger partial charge on any atom is 0.306 e. The maximum absolute atomic E-state index is 13.1. The van der Waals surface area contributed by atoms with Crippen LogP contribution in [0.1, 0.15) is 181 Å². The summed E-state index contributed by atoms with van der Waals surface area (Å²) in [5.74, 6) is 0.508. The predicted molar refractivity (Wildman–Crippen MR) is 190 cm³/mol. The predicted octanol–water partition coefficient (Wildman–Crippen LogP) is 12.3. The molecular formula is C40H73NO2. The fourth-order valence-electron chi connectivity index (χ4n) is 6.26. The number of rotatable bonds is 30. The summed E-state index contributed by atoms with van der Waals surface area (Å²) in [6, 6.07) is 0. The third-order valence-electron chi connectivity index (χ3n) is 9.04. The Hall–Kier alpha value is -1.35. The molecule has 3 heteroatoms. The zero-order valence-electron chi connectivity index (χ0n) is 29.2. The monoisotopic (exact) mass is 600 g/mol. The van der Waals surface area contributed by atoms with Gasteiger partial charge in [-0.25, -0.2) is 0 Å². The summed E-state index contributed by atoms with van der Waals surface area (Å²) in [5.41, 5.74) is 0. The number of carbonyl (C=O) groups excluding carboxylic acids is 1. The van der Waals surface area contributed by atoms with Crippen molar-refractivity contribution in [2.24, 2.45) is 5.92 Å². The lowest BCUT2D eigenvalue weighted by Gasteiger charge is -2.27. The summed E-state index contributed by atoms with van der Waals surface area (Å²) in [4.78, 5) is 15.6. The molecule has 0 saturated carbocycles. The molecule has 0 aromatic heterocycles. The molecule has 1 aliphatic heterocycles. The van der Waals surface area contributed by atoms with E-state index in [4.69, 9.17) is 4.74 Å². The molecule has 1 saturated heterocycles. The third-order valence-corrected chi connectivity index (χ3v) is 9.04. The summed E-state index contributed by atoms with van der Waals surface area (Å²) in [6.07, 6.45) is 44.1. The van der Waals surface area contributed by atoms with Crippen LogP contribution in [0.5, 0.6) is 0 Å². The fourth-order valence-corrected chi connectivity index (χ4v) is 6.26. The van der Waals surface area contributed by atoms with Crippen LogP contribution in [0.25, 0.3) is 0 Å². The minimum atomic E-state index is 0.0379. The van der Waals surface area contributed by atoms with Gasteiger partial charge in [0.05, 0.1) is 0 Å². The van der Waals surface area contributed by atoms with Gasteiger partial charge in [0.2, 0.25) is 0 Å². The summed E-state index contributed by atoms with van der Waals surface area (Å²) in [6.45, 7) is 10.3. The number of allylic oxidation sites excluding steroid dienone is 6. The number of esters is 1. The van der Waals surface area contributed by atoms with Crippen LogP contribution in [-0.2, 0) is 9.53 Å². The van der Waals surface area contributed by atoms with Gasteiger partial charge in [-0.3, -0.25) is 4.79 Å². The zero-order valence-corrected chi connectivity index (χ0v) is 29.2. The van der Waals surface area contributed by atoms with Gasteiger partial charge in [0.1, 0.15) is 6.10 Å². The van der Waals surface area contributed by atoms with Crippen LogP contribution in [0.15, 0.2) is 36.5 Å². The second kappa shape index (κ2) is 30.7. The molecule has 1 unspecified atom stereocenters. The van der Waals surface area contributed by atoms with Gasteiger partial charge in [-0.2, -0.15) is 0 Å². The van der Waals surface area contributed by atoms with E-state index < -0.39 is 0 Å². The molecule has 43 heavy (non-hydrogen) atoms. The van der Waals surface area contributed by atoms with Gasteiger partial charge in [-0.1, -0.05) is 95.8 Å². The van der Waals surface area contributed by atoms with Gasteiger partial charge in [0.15, 0.2) is 0 Å². The van der Waals surface area contributed by atoms with Crippen LogP contribution in [0.2, 0.25) is 0 Å². The molecule has 0 bridgehead atoms. The Morgan fingerprint density at radius 3 is 1.44 bits per heavy atom. The van der Waals surface area contributed by atoms with E-state index in [0.29, 0.717) is 12.3 Å². The lowest BCUT2D eigenvalue weighted by Crippen LogP contribution is -2.28. The van der Waals surface area contributed by atoms with E-state index >= 15 is 0 Å². The number of unbranched alkanes of at least 4 members (excludes halogenated alkanes) is 12. The molecule has 0 radical (unpaired) electrons. The fraction of sp³-hybridized carbons (Fsp3) is 0.825. The van der Waals surface area contributed by atoms with Crippen molar-refractivity contribution in [3.63, 3.8) is 0 Å². The lowest BCUT2D eigenvalue weighted by molar-refractivity contribution is -0.153. The Labute approximate surface area is 269 Å². The topological polar surface area (TPSA) is 29.5 Å². The van der Waals surface area contributed by atoms with Crippen LogP contribution in [0.3, 0.4) is 0 Å². The largest absolute Gasteiger partial charge is 0.462 e. The van der Waals surface area contributed by atoms with E-state index in [1.165, 1.54) is 116 Å². The first kappa shape index (κ1) is 39.7. The summed E-state index contributed by atoms with van der Waals surface area (Å²) >= 11 is 0. The smallest absolute Gasteiger partial charge is 0.306 e. The number of nitrogens with zero attached hydrogens (tertiary/aromatic N) is 1. The molecule has 0 N–H and O–H groups in total. The highest BCUT2D eigenvalue weighted by atomic mass is 16.5. The number of likely N-dealkylation sites (tertiary alicyclic amines) is 1. The van der Waals surface area contributed by atoms with Crippen LogP contribution in [-0.4, -0.2) is 36.6 Å². The maximum atomic E-state index is 13.1. The minimum Gasteiger partial charge on any atom is -0.462 e. The van der Waals surface area contributed by atoms with Crippen molar-refractivity contribution < 1.29 is 9.53 Å². The first-order valence-electron chi connectivity index (χ1n) is 19.1. The minimum absolute atomic E-state index is 0.0379. The van der Waals surface area contributed by atoms with Gasteiger partial charge in [0, 0.05) is 6.42 Å². The van der Waals surface area contributed by atoms with Crippen molar-refractivity contribution in [1.82, 2.24) is 4.90 Å². The molecule has 3 nitrogen and oxygen atoms in total. The number of hydrogen-bond acceptors (Lipinski definition) is 3. The Morgan fingerprint density at radius 2 is 1.00 bits per heavy atom. The van der Waals surface area contributed by atoms with Crippen molar-refractivity contribution in [1.29, 1.82) is 0 Å². The highest BCUT2D eigenvalue weighted by Crippen LogP contribution is 2.27. The SMILES string of the molecule is CCCCC/C=C\CCCC(CCC/C=C\CCCCC)C(CCC/C=C\CCCCC)OC(=O)CCCN1CCCC1. The Bertz CT molecular complexity index is 665. The van der Waals surface area contributed by atoms with Gasteiger partial charge >= 0.3 is 5.97 Å². The standard InChI is InChI=1S/C40H73NO2/c1-4-7-10-13-16-19-22-25-31-38(32-26-23-20-17-14-11-8-5-2)39(33-27-24-21-18-15-12-9-6-3)43-40(42)34-30-37-41-35-28-29-36-41/h16-21,38-39H,4-15,22-37H2,1-3H3/b19-16-,20-17-,21-18-. The third kappa shape index (κ3) is 24.6. The van der Waals surface area contributed by atoms with Crippen molar-refractivity contribution in [2.45, 2.75) is 187 Å². The molecule has 1 atom stereocenters. The first-order valence-corrected chi connectivity index (χ1v) is 19.1. The molecular weight excluding hydrogens is 526 g/mol. The first-order chi connectivity index (χ1) is 21.2. The molecule has 250 valence electrons. The summed E-state index contributed by atoms with van der Waals surface area (Å²) in [7, 11) is 0. The van der Waals surface area contributed by atoms with Crippen LogP contribution in [0, 0.1) is 5.92 Å². The molecule has 1 heterocycles. The molecule has 1 aliphatic rings. The van der Waals surface area contributed by atoms with E-state index in [-0.39, 0.29) is 12.1 Å². The zero-order chi connectivity index (χ0) is 31.1. The van der Waals surface area contributed by atoms with Crippen molar-refractivity contribution in [3.8, 4) is 0 Å². The molecule has 0 amide bonds. The number of ether oxygens (including phenoxy) is 1. The van der Waals surface area contributed by atoms with E-state index in [1.807, 2.05) is 0 Å². The lowest BCUT2D eigenvalue weighted by atomic mass is 9.87. The molecule has 0 spiro atoms. The van der Waals surface area contributed by atoms with E-state index in [1.54, 1.807) is 0 Å². The number of carbonyl (C=O) groups is 1. The number of hydrogen-bond donors (Lipinski definition) is 0. The second-order valence-electron chi connectivity index (χ2n) is 13.1. The molecule has 1 fully saturated rings. The molecule has 0 aliphatic carbocycles. The van der Waals surface area contributed by atoms with Crippen LogP contribution < -0.4 is 0 Å².